The molecule has 6 heteroatoms. The zero-order valence-electron chi connectivity index (χ0n) is 4.48. The third-order valence-corrected chi connectivity index (χ3v) is 0.773. The first-order chi connectivity index (χ1) is 4.34. The van der Waals surface area contributed by atoms with Crippen molar-refractivity contribution in [2.24, 2.45) is 16.3 Å². The highest BCUT2D eigenvalue weighted by Gasteiger charge is 1.87. The van der Waals surface area contributed by atoms with Crippen molar-refractivity contribution in [2.75, 3.05) is 0 Å². The monoisotopic (exact) mass is 127 g/mol. The molecule has 0 aliphatic heterocycles. The minimum Gasteiger partial charge on any atom is -0.303 e. The van der Waals surface area contributed by atoms with E-state index >= 15 is 0 Å². The number of nitrogens with two attached hydrogens (primary N) is 1. The van der Waals surface area contributed by atoms with Crippen LogP contribution in [0.2, 0.25) is 0 Å². The third kappa shape index (κ3) is 0.958. The van der Waals surface area contributed by atoms with Gasteiger partial charge in [0.15, 0.2) is 0 Å². The van der Waals surface area contributed by atoms with E-state index in [1.54, 1.807) is 0 Å². The van der Waals surface area contributed by atoms with Crippen LogP contribution in [0.15, 0.2) is 27.5 Å². The number of H-pyrrole nitrogens is 1. The van der Waals surface area contributed by atoms with Crippen molar-refractivity contribution >= 4 is 0 Å². The normalized spacial score (nSPS) is 10.7. The van der Waals surface area contributed by atoms with Gasteiger partial charge in [-0.3, -0.25) is 9.89 Å². The van der Waals surface area contributed by atoms with Crippen LogP contribution in [-0.4, -0.2) is 9.89 Å². The van der Waals surface area contributed by atoms with E-state index in [2.05, 4.69) is 21.4 Å². The smallest absolute Gasteiger partial charge is 0.289 e. The molecule has 0 saturated heterocycles. The summed E-state index contributed by atoms with van der Waals surface area (Å²) in [4.78, 5) is 11.4. The molecule has 0 aromatic carbocycles. The van der Waals surface area contributed by atoms with Crippen molar-refractivity contribution in [1.29, 1.82) is 0 Å². The number of hydrogen-bond donors (Lipinski definition) is 2. The Hall–Kier alpha value is -1.59. The van der Waals surface area contributed by atoms with Crippen molar-refractivity contribution in [3.63, 3.8) is 0 Å². The lowest BCUT2D eigenvalue weighted by Gasteiger charge is -1.82. The Kier molecular flexibility index (Phi) is 1.31. The molecule has 0 fully saturated rings. The van der Waals surface area contributed by atoms with Crippen LogP contribution in [0.1, 0.15) is 0 Å². The number of aromatic nitrogens is 2. The number of hydrogen-bond acceptors (Lipinski definition) is 3. The van der Waals surface area contributed by atoms with Crippen LogP contribution in [0.3, 0.4) is 0 Å². The summed E-state index contributed by atoms with van der Waals surface area (Å²) in [5.41, 5.74) is -0.288. The Morgan fingerprint density at radius 3 is 3.00 bits per heavy atom. The quantitative estimate of drug-likeness (QED) is 0.296. The zero-order chi connectivity index (χ0) is 6.69. The summed E-state index contributed by atoms with van der Waals surface area (Å²) in [5.74, 6) is 4.67. The number of nitrogens with zero attached hydrogens (tertiary/aromatic N) is 3. The summed E-state index contributed by atoms with van der Waals surface area (Å²) >= 11 is 0. The maximum atomic E-state index is 10.5. The van der Waals surface area contributed by atoms with Crippen LogP contribution < -0.4 is 11.4 Å². The molecule has 48 valence electrons. The molecule has 0 unspecified atom stereocenters. The molecule has 0 amide bonds. The van der Waals surface area contributed by atoms with E-state index in [1.165, 1.54) is 12.3 Å². The van der Waals surface area contributed by atoms with Crippen molar-refractivity contribution in [2.45, 2.75) is 0 Å². The molecule has 0 radical (unpaired) electrons. The largest absolute Gasteiger partial charge is 0.303 e. The van der Waals surface area contributed by atoms with Gasteiger partial charge < -0.3 is 5.84 Å². The van der Waals surface area contributed by atoms with Crippen molar-refractivity contribution in [3.05, 3.63) is 22.6 Å². The number of aromatic amines is 1. The molecule has 0 bridgehead atoms. The molecule has 9 heavy (non-hydrogen) atoms. The molecular weight excluding hydrogens is 122 g/mol. The minimum absolute atomic E-state index is 0.288. The Labute approximate surface area is 49.9 Å². The highest BCUT2D eigenvalue weighted by atomic mass is 16.1. The molecule has 3 N–H and O–H groups in total. The molecular formula is C3H5N5O. The SMILES string of the molecule is N/N=N/n1[nH]ccc1=O. The molecule has 0 aliphatic rings. The van der Waals surface area contributed by atoms with E-state index in [4.69, 9.17) is 0 Å². The van der Waals surface area contributed by atoms with E-state index < -0.39 is 0 Å². The molecule has 0 aliphatic carbocycles. The van der Waals surface area contributed by atoms with Gasteiger partial charge in [-0.1, -0.05) is 5.22 Å². The molecule has 0 atom stereocenters. The molecule has 6 nitrogen and oxygen atoms in total. The molecule has 1 aromatic heterocycles. The number of nitrogens with one attached hydrogen (secondary N) is 1. The zero-order valence-corrected chi connectivity index (χ0v) is 4.48. The van der Waals surface area contributed by atoms with E-state index in [-0.39, 0.29) is 5.56 Å². The van der Waals surface area contributed by atoms with Gasteiger partial charge in [-0.05, 0) is 5.22 Å². The van der Waals surface area contributed by atoms with Gasteiger partial charge in [0.05, 0.1) is 0 Å². The molecule has 1 rings (SSSR count). The lowest BCUT2D eigenvalue weighted by molar-refractivity contribution is 0.650. The van der Waals surface area contributed by atoms with Gasteiger partial charge in [0.25, 0.3) is 5.56 Å². The van der Waals surface area contributed by atoms with Crippen LogP contribution in [-0.2, 0) is 0 Å². The fourth-order valence-corrected chi connectivity index (χ4v) is 0.435. The first-order valence-electron chi connectivity index (χ1n) is 2.22. The third-order valence-electron chi connectivity index (χ3n) is 0.773. The predicted molar refractivity (Wildman–Crippen MR) is 29.5 cm³/mol. The second-order valence-electron chi connectivity index (χ2n) is 1.32. The van der Waals surface area contributed by atoms with Crippen LogP contribution in [0, 0.1) is 0 Å². The first kappa shape index (κ1) is 5.54. The Bertz CT molecular complexity index is 257. The summed E-state index contributed by atoms with van der Waals surface area (Å²) < 4.78 is 0. The van der Waals surface area contributed by atoms with Gasteiger partial charge in [0.1, 0.15) is 0 Å². The highest BCUT2D eigenvalue weighted by Crippen LogP contribution is 1.71. The van der Waals surface area contributed by atoms with E-state index in [0.29, 0.717) is 0 Å². The summed E-state index contributed by atoms with van der Waals surface area (Å²) in [5, 5.41) is 8.58. The topological polar surface area (TPSA) is 88.5 Å². The summed E-state index contributed by atoms with van der Waals surface area (Å²) in [6.45, 7) is 0. The average Bonchev–Trinajstić information content (AvgIpc) is 2.18. The Morgan fingerprint density at radius 1 is 1.78 bits per heavy atom. The Balaban J connectivity index is 3.08. The summed E-state index contributed by atoms with van der Waals surface area (Å²) in [7, 11) is 0. The van der Waals surface area contributed by atoms with E-state index in [1.807, 2.05) is 0 Å². The van der Waals surface area contributed by atoms with E-state index in [9.17, 15) is 4.79 Å². The van der Waals surface area contributed by atoms with Crippen LogP contribution in [0.5, 0.6) is 0 Å². The lowest BCUT2D eigenvalue weighted by Crippen LogP contribution is -2.10. The molecule has 0 spiro atoms. The number of rotatable bonds is 1. The summed E-state index contributed by atoms with van der Waals surface area (Å²) in [6, 6.07) is 1.31. The molecule has 0 saturated carbocycles. The second kappa shape index (κ2) is 2.12. The predicted octanol–water partition coefficient (Wildman–Crippen LogP) is -0.735. The maximum absolute atomic E-state index is 10.5. The van der Waals surface area contributed by atoms with Gasteiger partial charge in [0, 0.05) is 12.3 Å². The van der Waals surface area contributed by atoms with Crippen molar-refractivity contribution in [3.8, 4) is 0 Å². The van der Waals surface area contributed by atoms with Gasteiger partial charge >= 0.3 is 0 Å². The minimum atomic E-state index is -0.288. The molecule has 1 heterocycles. The Morgan fingerprint density at radius 2 is 2.56 bits per heavy atom. The van der Waals surface area contributed by atoms with Gasteiger partial charge in [-0.25, -0.2) is 0 Å². The highest BCUT2D eigenvalue weighted by molar-refractivity contribution is 4.78. The molecule has 1 aromatic rings. The average molecular weight is 127 g/mol. The van der Waals surface area contributed by atoms with Crippen molar-refractivity contribution in [1.82, 2.24) is 9.89 Å². The van der Waals surface area contributed by atoms with Crippen LogP contribution in [0.25, 0.3) is 0 Å². The van der Waals surface area contributed by atoms with E-state index in [0.717, 1.165) is 4.79 Å². The van der Waals surface area contributed by atoms with Gasteiger partial charge in [-0.15, -0.1) is 4.79 Å². The standard InChI is InChI=1S/C3H5N5O/c4-6-7-8-3(9)1-2-5-8/h1-2,5H,(H2,4,7). The second-order valence-corrected chi connectivity index (χ2v) is 1.32. The fraction of sp³-hybridized carbons (Fsp3) is 0. The van der Waals surface area contributed by atoms with Crippen LogP contribution in [0.4, 0.5) is 0 Å². The maximum Gasteiger partial charge on any atom is 0.289 e. The van der Waals surface area contributed by atoms with Crippen molar-refractivity contribution < 1.29 is 0 Å². The van der Waals surface area contributed by atoms with Gasteiger partial charge in [0.2, 0.25) is 0 Å². The fourth-order valence-electron chi connectivity index (χ4n) is 0.435. The van der Waals surface area contributed by atoms with Gasteiger partial charge in [-0.2, -0.15) is 0 Å². The van der Waals surface area contributed by atoms with Crippen LogP contribution >= 0.6 is 0 Å². The first-order valence-corrected chi connectivity index (χ1v) is 2.22. The summed E-state index contributed by atoms with van der Waals surface area (Å²) in [6.07, 6.45) is 1.44. The lowest BCUT2D eigenvalue weighted by atomic mass is 10.7.